The van der Waals surface area contributed by atoms with Gasteiger partial charge in [-0.2, -0.15) is 0 Å². The highest BCUT2D eigenvalue weighted by molar-refractivity contribution is 5.49. The molecule has 3 atom stereocenters. The van der Waals surface area contributed by atoms with Gasteiger partial charge < -0.3 is 10.1 Å². The van der Waals surface area contributed by atoms with Crippen LogP contribution in [0.5, 0.6) is 5.75 Å². The Kier molecular flexibility index (Phi) is 2.90. The Morgan fingerprint density at radius 2 is 2.00 bits per heavy atom. The first-order valence-electron chi connectivity index (χ1n) is 8.57. The number of aromatic nitrogens is 3. The topological polar surface area (TPSA) is 51.5 Å². The highest BCUT2D eigenvalue weighted by Gasteiger charge is 2.34. The summed E-state index contributed by atoms with van der Waals surface area (Å²) in [5, 5.41) is 11.8. The average molecular weight is 298 g/mol. The third kappa shape index (κ3) is 2.28. The Morgan fingerprint density at radius 1 is 1.18 bits per heavy atom. The minimum absolute atomic E-state index is 0.672. The van der Waals surface area contributed by atoms with E-state index < -0.39 is 0 Å². The van der Waals surface area contributed by atoms with E-state index in [1.807, 2.05) is 4.40 Å². The lowest BCUT2D eigenvalue weighted by molar-refractivity contribution is 0.189. The summed E-state index contributed by atoms with van der Waals surface area (Å²) in [4.78, 5) is 0. The minimum atomic E-state index is 0.672. The van der Waals surface area contributed by atoms with Crippen molar-refractivity contribution >= 4 is 5.65 Å². The summed E-state index contributed by atoms with van der Waals surface area (Å²) in [7, 11) is 0. The van der Waals surface area contributed by atoms with E-state index >= 15 is 0 Å². The van der Waals surface area contributed by atoms with Crippen molar-refractivity contribution in [1.82, 2.24) is 19.9 Å². The smallest absolute Gasteiger partial charge is 0.164 e. The lowest BCUT2D eigenvalue weighted by Crippen LogP contribution is -2.39. The van der Waals surface area contributed by atoms with Crippen LogP contribution in [0.1, 0.15) is 50.0 Å². The fraction of sp³-hybridized carbons (Fsp3) is 0.647. The summed E-state index contributed by atoms with van der Waals surface area (Å²) in [5.74, 6) is 2.40. The Hall–Kier alpha value is -1.62. The molecule has 5 heteroatoms. The molecule has 0 spiro atoms. The number of nitrogens with one attached hydrogen (secondary N) is 1. The number of hydrogen-bond acceptors (Lipinski definition) is 4. The van der Waals surface area contributed by atoms with Gasteiger partial charge in [-0.25, -0.2) is 0 Å². The fourth-order valence-corrected chi connectivity index (χ4v) is 4.21. The largest absolute Gasteiger partial charge is 0.493 e. The molecule has 1 saturated carbocycles. The fourth-order valence-electron chi connectivity index (χ4n) is 4.21. The van der Waals surface area contributed by atoms with Crippen LogP contribution < -0.4 is 10.1 Å². The molecule has 116 valence electrons. The zero-order valence-electron chi connectivity index (χ0n) is 12.7. The van der Waals surface area contributed by atoms with Gasteiger partial charge in [0.25, 0.3) is 0 Å². The van der Waals surface area contributed by atoms with E-state index in [0.29, 0.717) is 11.8 Å². The van der Waals surface area contributed by atoms with Gasteiger partial charge in [-0.05, 0) is 50.4 Å². The number of hydrogen-bond donors (Lipinski definition) is 1. The second kappa shape index (κ2) is 4.95. The van der Waals surface area contributed by atoms with Crippen LogP contribution >= 0.6 is 0 Å². The van der Waals surface area contributed by atoms with Gasteiger partial charge in [-0.3, -0.25) is 4.40 Å². The molecule has 2 bridgehead atoms. The third-order valence-corrected chi connectivity index (χ3v) is 5.49. The predicted molar refractivity (Wildman–Crippen MR) is 83.1 cm³/mol. The molecule has 0 aromatic carbocycles. The van der Waals surface area contributed by atoms with Gasteiger partial charge in [0.05, 0.1) is 6.61 Å². The predicted octanol–water partition coefficient (Wildman–Crippen LogP) is 2.52. The van der Waals surface area contributed by atoms with Crippen LogP contribution in [0.3, 0.4) is 0 Å². The molecule has 2 aromatic heterocycles. The molecule has 5 rings (SSSR count). The maximum absolute atomic E-state index is 6.27. The molecule has 3 fully saturated rings. The molecular formula is C17H22N4O. The highest BCUT2D eigenvalue weighted by Crippen LogP contribution is 2.44. The molecule has 4 heterocycles. The molecule has 2 aromatic rings. The highest BCUT2D eigenvalue weighted by atomic mass is 16.5. The Labute approximate surface area is 130 Å². The van der Waals surface area contributed by atoms with E-state index in [2.05, 4.69) is 27.8 Å². The van der Waals surface area contributed by atoms with Crippen molar-refractivity contribution in [3.05, 3.63) is 24.2 Å². The van der Waals surface area contributed by atoms with Crippen molar-refractivity contribution in [1.29, 1.82) is 0 Å². The second-order valence-electron chi connectivity index (χ2n) is 7.25. The zero-order chi connectivity index (χ0) is 14.5. The Balaban J connectivity index is 1.35. The molecular weight excluding hydrogens is 276 g/mol. The van der Waals surface area contributed by atoms with Gasteiger partial charge >= 0.3 is 0 Å². The number of fused-ring (bicyclic) bond motifs is 3. The first-order chi connectivity index (χ1) is 10.8. The number of ether oxygens (including phenoxy) is 1. The van der Waals surface area contributed by atoms with Gasteiger partial charge in [0, 0.05) is 29.9 Å². The average Bonchev–Trinajstić information content (AvgIpc) is 3.19. The van der Waals surface area contributed by atoms with Crippen LogP contribution in [0.2, 0.25) is 0 Å². The monoisotopic (exact) mass is 298 g/mol. The van der Waals surface area contributed by atoms with Crippen LogP contribution in [-0.2, 0) is 0 Å². The SMILES string of the molecule is c1c(OCC2C[C@H]3CC[C@@H](C2)N3)c(C2CC2)cn2cnnc12. The van der Waals surface area contributed by atoms with Crippen LogP contribution in [0.15, 0.2) is 18.6 Å². The molecule has 1 unspecified atom stereocenters. The van der Waals surface area contributed by atoms with E-state index in [4.69, 9.17) is 4.74 Å². The van der Waals surface area contributed by atoms with Crippen LogP contribution in [0, 0.1) is 5.92 Å². The summed E-state index contributed by atoms with van der Waals surface area (Å²) in [6.07, 6.45) is 11.7. The number of pyridine rings is 1. The summed E-state index contributed by atoms with van der Waals surface area (Å²) >= 11 is 0. The molecule has 0 amide bonds. The van der Waals surface area contributed by atoms with Gasteiger partial charge in [0.1, 0.15) is 12.1 Å². The summed E-state index contributed by atoms with van der Waals surface area (Å²) < 4.78 is 8.28. The standard InChI is InChI=1S/C17H22N4O/c1-2-12(1)15-8-21-10-18-20-17(21)7-16(15)22-9-11-5-13-3-4-14(6-11)19-13/h7-8,10-14,19H,1-6,9H2/t11?,13-,14+. The quantitative estimate of drug-likeness (QED) is 0.942. The molecule has 1 N–H and O–H groups in total. The van der Waals surface area contributed by atoms with Crippen LogP contribution in [0.25, 0.3) is 5.65 Å². The van der Waals surface area contributed by atoms with Gasteiger partial charge in [0.2, 0.25) is 0 Å². The Bertz CT molecular complexity index is 681. The molecule has 2 aliphatic heterocycles. The van der Waals surface area contributed by atoms with Crippen LogP contribution in [0.4, 0.5) is 0 Å². The number of rotatable bonds is 4. The maximum Gasteiger partial charge on any atom is 0.164 e. The first-order valence-corrected chi connectivity index (χ1v) is 8.57. The summed E-state index contributed by atoms with van der Waals surface area (Å²) in [6.45, 7) is 0.846. The minimum Gasteiger partial charge on any atom is -0.493 e. The lowest BCUT2D eigenvalue weighted by atomic mass is 9.93. The normalized spacial score (nSPS) is 30.8. The van der Waals surface area contributed by atoms with Gasteiger partial charge in [-0.1, -0.05) is 0 Å². The molecule has 0 radical (unpaired) electrons. The van der Waals surface area contributed by atoms with Crippen molar-refractivity contribution in [2.24, 2.45) is 5.92 Å². The lowest BCUT2D eigenvalue weighted by Gasteiger charge is -2.29. The van der Waals surface area contributed by atoms with Gasteiger partial charge in [-0.15, -0.1) is 10.2 Å². The van der Waals surface area contributed by atoms with E-state index in [9.17, 15) is 0 Å². The van der Waals surface area contributed by atoms with E-state index in [-0.39, 0.29) is 0 Å². The van der Waals surface area contributed by atoms with Crippen molar-refractivity contribution < 1.29 is 4.74 Å². The molecule has 1 aliphatic carbocycles. The molecule has 2 saturated heterocycles. The van der Waals surface area contributed by atoms with Crippen molar-refractivity contribution in [3.8, 4) is 5.75 Å². The van der Waals surface area contributed by atoms with Gasteiger partial charge in [0.15, 0.2) is 5.65 Å². The second-order valence-corrected chi connectivity index (χ2v) is 7.25. The van der Waals surface area contributed by atoms with Crippen molar-refractivity contribution in [3.63, 3.8) is 0 Å². The van der Waals surface area contributed by atoms with E-state index in [1.165, 1.54) is 44.1 Å². The molecule has 22 heavy (non-hydrogen) atoms. The number of piperidine rings is 1. The number of nitrogens with zero attached hydrogens (tertiary/aromatic N) is 3. The Morgan fingerprint density at radius 3 is 2.77 bits per heavy atom. The summed E-state index contributed by atoms with van der Waals surface area (Å²) in [6, 6.07) is 3.53. The molecule has 5 nitrogen and oxygen atoms in total. The zero-order valence-corrected chi connectivity index (χ0v) is 12.7. The van der Waals surface area contributed by atoms with Crippen molar-refractivity contribution in [2.75, 3.05) is 6.61 Å². The van der Waals surface area contributed by atoms with E-state index in [1.54, 1.807) is 6.33 Å². The molecule has 3 aliphatic rings. The third-order valence-electron chi connectivity index (χ3n) is 5.49. The summed E-state index contributed by atoms with van der Waals surface area (Å²) in [5.41, 5.74) is 2.22. The van der Waals surface area contributed by atoms with E-state index in [0.717, 1.165) is 30.1 Å². The van der Waals surface area contributed by atoms with Crippen molar-refractivity contribution in [2.45, 2.75) is 56.5 Å². The maximum atomic E-state index is 6.27. The first kappa shape index (κ1) is 12.9. The van der Waals surface area contributed by atoms with Crippen LogP contribution in [-0.4, -0.2) is 33.3 Å².